The lowest BCUT2D eigenvalue weighted by Crippen LogP contribution is -2.54. The molecule has 1 aromatic rings. The quantitative estimate of drug-likeness (QED) is 0.340. The summed E-state index contributed by atoms with van der Waals surface area (Å²) in [5, 5.41) is 14.9. The molecular formula is C15H21N3O2. The number of rotatable bonds is 4. The number of hydrogen-bond acceptors (Lipinski definition) is 3. The van der Waals surface area contributed by atoms with Crippen LogP contribution in [0.3, 0.4) is 0 Å². The summed E-state index contributed by atoms with van der Waals surface area (Å²) in [4.78, 5) is 12.5. The van der Waals surface area contributed by atoms with E-state index in [0.29, 0.717) is 12.8 Å². The maximum Gasteiger partial charge on any atom is 0.234 e. The first-order valence-corrected chi connectivity index (χ1v) is 6.86. The third-order valence-electron chi connectivity index (χ3n) is 4.24. The second kappa shape index (κ2) is 5.53. The Bertz CT molecular complexity index is 536. The summed E-state index contributed by atoms with van der Waals surface area (Å²) in [7, 11) is 0. The molecule has 0 saturated heterocycles. The van der Waals surface area contributed by atoms with Gasteiger partial charge in [-0.25, -0.2) is 0 Å². The SMILES string of the molecule is Cc1ccccc1C(C)NC(=O)C1(/C(N)=N/O)CCC1. The van der Waals surface area contributed by atoms with Crippen molar-refractivity contribution in [1.82, 2.24) is 5.32 Å². The molecule has 1 aliphatic carbocycles. The Morgan fingerprint density at radius 1 is 1.45 bits per heavy atom. The minimum Gasteiger partial charge on any atom is -0.409 e. The first-order chi connectivity index (χ1) is 9.51. The van der Waals surface area contributed by atoms with Crippen LogP contribution in [-0.4, -0.2) is 17.0 Å². The van der Waals surface area contributed by atoms with Crippen molar-refractivity contribution in [2.24, 2.45) is 16.3 Å². The van der Waals surface area contributed by atoms with E-state index in [9.17, 15) is 4.79 Å². The molecule has 2 rings (SSSR count). The van der Waals surface area contributed by atoms with E-state index in [4.69, 9.17) is 10.9 Å². The Balaban J connectivity index is 2.14. The first kappa shape index (κ1) is 14.4. The molecule has 1 fully saturated rings. The van der Waals surface area contributed by atoms with E-state index in [1.807, 2.05) is 38.1 Å². The second-order valence-electron chi connectivity index (χ2n) is 5.47. The fourth-order valence-electron chi connectivity index (χ4n) is 2.71. The summed E-state index contributed by atoms with van der Waals surface area (Å²) in [6, 6.07) is 7.83. The molecule has 4 N–H and O–H groups in total. The molecule has 0 spiro atoms. The van der Waals surface area contributed by atoms with Crippen LogP contribution in [0.5, 0.6) is 0 Å². The van der Waals surface area contributed by atoms with Gasteiger partial charge in [0.05, 0.1) is 6.04 Å². The van der Waals surface area contributed by atoms with Gasteiger partial charge in [0, 0.05) is 0 Å². The first-order valence-electron chi connectivity index (χ1n) is 6.86. The third-order valence-corrected chi connectivity index (χ3v) is 4.24. The number of amidine groups is 1. The van der Waals surface area contributed by atoms with Gasteiger partial charge in [-0.1, -0.05) is 35.8 Å². The molecular weight excluding hydrogens is 254 g/mol. The average molecular weight is 275 g/mol. The monoisotopic (exact) mass is 275 g/mol. The van der Waals surface area contributed by atoms with Crippen LogP contribution < -0.4 is 11.1 Å². The van der Waals surface area contributed by atoms with Gasteiger partial charge >= 0.3 is 0 Å². The lowest BCUT2D eigenvalue weighted by molar-refractivity contribution is -0.131. The highest BCUT2D eigenvalue weighted by Gasteiger charge is 2.48. The number of carbonyl (C=O) groups is 1. The Morgan fingerprint density at radius 3 is 2.60 bits per heavy atom. The maximum absolute atomic E-state index is 12.5. The molecule has 1 aliphatic rings. The molecule has 0 bridgehead atoms. The lowest BCUT2D eigenvalue weighted by Gasteiger charge is -2.39. The maximum atomic E-state index is 12.5. The molecule has 1 amide bonds. The number of nitrogens with zero attached hydrogens (tertiary/aromatic N) is 1. The topological polar surface area (TPSA) is 87.7 Å². The number of amides is 1. The fraction of sp³-hybridized carbons (Fsp3) is 0.467. The van der Waals surface area contributed by atoms with Crippen molar-refractivity contribution < 1.29 is 10.0 Å². The molecule has 108 valence electrons. The number of benzene rings is 1. The van der Waals surface area contributed by atoms with Crippen LogP contribution >= 0.6 is 0 Å². The van der Waals surface area contributed by atoms with E-state index >= 15 is 0 Å². The molecule has 0 aromatic heterocycles. The molecule has 5 heteroatoms. The zero-order chi connectivity index (χ0) is 14.8. The highest BCUT2D eigenvalue weighted by atomic mass is 16.4. The summed E-state index contributed by atoms with van der Waals surface area (Å²) >= 11 is 0. The van der Waals surface area contributed by atoms with Gasteiger partial charge in [-0.05, 0) is 37.8 Å². The molecule has 1 unspecified atom stereocenters. The lowest BCUT2D eigenvalue weighted by atomic mass is 9.67. The van der Waals surface area contributed by atoms with Crippen LogP contribution in [0.4, 0.5) is 0 Å². The number of nitrogens with two attached hydrogens (primary N) is 1. The summed E-state index contributed by atoms with van der Waals surface area (Å²) < 4.78 is 0. The Labute approximate surface area is 118 Å². The van der Waals surface area contributed by atoms with Crippen LogP contribution in [0.15, 0.2) is 29.4 Å². The summed E-state index contributed by atoms with van der Waals surface area (Å²) in [5.41, 5.74) is 7.08. The zero-order valence-electron chi connectivity index (χ0n) is 11.9. The molecule has 0 aliphatic heterocycles. The van der Waals surface area contributed by atoms with Crippen molar-refractivity contribution in [2.45, 2.75) is 39.2 Å². The number of carbonyl (C=O) groups excluding carboxylic acids is 1. The van der Waals surface area contributed by atoms with Gasteiger partial charge in [-0.15, -0.1) is 0 Å². The van der Waals surface area contributed by atoms with Crippen molar-refractivity contribution >= 4 is 11.7 Å². The molecule has 5 nitrogen and oxygen atoms in total. The predicted octanol–water partition coefficient (Wildman–Crippen LogP) is 2.09. The molecule has 1 atom stereocenters. The van der Waals surface area contributed by atoms with Crippen LogP contribution in [-0.2, 0) is 4.79 Å². The van der Waals surface area contributed by atoms with E-state index in [-0.39, 0.29) is 17.8 Å². The van der Waals surface area contributed by atoms with Gasteiger partial charge in [-0.3, -0.25) is 4.79 Å². The normalized spacial score (nSPS) is 19.0. The third kappa shape index (κ3) is 2.35. The minimum absolute atomic E-state index is 0.0123. The number of hydrogen-bond donors (Lipinski definition) is 3. The molecule has 20 heavy (non-hydrogen) atoms. The zero-order valence-corrected chi connectivity index (χ0v) is 11.9. The van der Waals surface area contributed by atoms with Gasteiger partial charge in [0.1, 0.15) is 5.41 Å². The van der Waals surface area contributed by atoms with E-state index in [1.54, 1.807) is 0 Å². The second-order valence-corrected chi connectivity index (χ2v) is 5.47. The fourth-order valence-corrected chi connectivity index (χ4v) is 2.71. The van der Waals surface area contributed by atoms with Crippen LogP contribution in [0.2, 0.25) is 0 Å². The smallest absolute Gasteiger partial charge is 0.234 e. The Kier molecular flexibility index (Phi) is 3.97. The summed E-state index contributed by atoms with van der Waals surface area (Å²) in [5.74, 6) is -0.145. The van der Waals surface area contributed by atoms with Crippen molar-refractivity contribution in [2.75, 3.05) is 0 Å². The highest BCUT2D eigenvalue weighted by Crippen LogP contribution is 2.41. The molecule has 0 heterocycles. The van der Waals surface area contributed by atoms with E-state index in [0.717, 1.165) is 17.5 Å². The average Bonchev–Trinajstić information content (AvgIpc) is 2.37. The molecule has 1 saturated carbocycles. The van der Waals surface area contributed by atoms with E-state index in [1.165, 1.54) is 0 Å². The largest absolute Gasteiger partial charge is 0.409 e. The van der Waals surface area contributed by atoms with Crippen LogP contribution in [0.25, 0.3) is 0 Å². The van der Waals surface area contributed by atoms with Crippen LogP contribution in [0, 0.1) is 12.3 Å². The van der Waals surface area contributed by atoms with Gasteiger partial charge in [0.2, 0.25) is 5.91 Å². The van der Waals surface area contributed by atoms with Crippen molar-refractivity contribution in [3.05, 3.63) is 35.4 Å². The minimum atomic E-state index is -0.828. The molecule has 1 aromatic carbocycles. The van der Waals surface area contributed by atoms with Gasteiger partial charge in [0.25, 0.3) is 0 Å². The van der Waals surface area contributed by atoms with Gasteiger partial charge in [0.15, 0.2) is 5.84 Å². The van der Waals surface area contributed by atoms with Crippen molar-refractivity contribution in [1.29, 1.82) is 0 Å². The summed E-state index contributed by atoms with van der Waals surface area (Å²) in [6.45, 7) is 3.96. The van der Waals surface area contributed by atoms with E-state index < -0.39 is 5.41 Å². The van der Waals surface area contributed by atoms with Crippen LogP contribution in [0.1, 0.15) is 43.4 Å². The molecule has 0 radical (unpaired) electrons. The van der Waals surface area contributed by atoms with Gasteiger partial charge < -0.3 is 16.3 Å². The Morgan fingerprint density at radius 2 is 2.10 bits per heavy atom. The highest BCUT2D eigenvalue weighted by molar-refractivity contribution is 6.07. The standard InChI is InChI=1S/C15H21N3O2/c1-10-6-3-4-7-12(10)11(2)17-14(19)15(8-5-9-15)13(16)18-20/h3-4,6-7,11,20H,5,8-9H2,1-2H3,(H2,16,18)(H,17,19). The predicted molar refractivity (Wildman–Crippen MR) is 77.4 cm³/mol. The number of nitrogens with one attached hydrogen (secondary N) is 1. The van der Waals surface area contributed by atoms with Gasteiger partial charge in [-0.2, -0.15) is 0 Å². The van der Waals surface area contributed by atoms with E-state index in [2.05, 4.69) is 10.5 Å². The number of oxime groups is 1. The summed E-state index contributed by atoms with van der Waals surface area (Å²) in [6.07, 6.45) is 2.19. The van der Waals surface area contributed by atoms with Crippen molar-refractivity contribution in [3.8, 4) is 0 Å². The number of aryl methyl sites for hydroxylation is 1. The Hall–Kier alpha value is -2.04. The van der Waals surface area contributed by atoms with Crippen molar-refractivity contribution in [3.63, 3.8) is 0 Å².